The summed E-state index contributed by atoms with van der Waals surface area (Å²) in [6, 6.07) is 0. The van der Waals surface area contributed by atoms with Crippen LogP contribution in [-0.2, 0) is 11.3 Å². The van der Waals surface area contributed by atoms with Gasteiger partial charge in [-0.3, -0.25) is 4.79 Å². The third kappa shape index (κ3) is 3.36. The van der Waals surface area contributed by atoms with Gasteiger partial charge in [-0.1, -0.05) is 5.21 Å². The van der Waals surface area contributed by atoms with Crippen LogP contribution in [0.25, 0.3) is 0 Å². The minimum atomic E-state index is 0.123. The van der Waals surface area contributed by atoms with E-state index in [0.717, 1.165) is 43.4 Å². The summed E-state index contributed by atoms with van der Waals surface area (Å²) >= 11 is 1.65. The van der Waals surface area contributed by atoms with Crippen LogP contribution in [0.15, 0.2) is 17.8 Å². The third-order valence-corrected chi connectivity index (χ3v) is 5.22. The van der Waals surface area contributed by atoms with Crippen molar-refractivity contribution in [1.29, 1.82) is 0 Å². The van der Waals surface area contributed by atoms with Crippen molar-refractivity contribution in [3.05, 3.63) is 23.5 Å². The molecule has 7 nitrogen and oxygen atoms in total. The Kier molecular flexibility index (Phi) is 3.99. The number of anilines is 1. The smallest absolute Gasteiger partial charge is 0.244 e. The van der Waals surface area contributed by atoms with Crippen molar-refractivity contribution < 1.29 is 4.79 Å². The second kappa shape index (κ2) is 6.27. The van der Waals surface area contributed by atoms with Crippen LogP contribution < -0.4 is 4.90 Å². The van der Waals surface area contributed by atoms with Crippen molar-refractivity contribution in [3.8, 4) is 0 Å². The molecule has 1 aliphatic carbocycles. The van der Waals surface area contributed by atoms with Gasteiger partial charge in [-0.15, -0.1) is 16.4 Å². The first-order valence-electron chi connectivity index (χ1n) is 8.12. The van der Waals surface area contributed by atoms with Crippen LogP contribution in [0, 0.1) is 0 Å². The van der Waals surface area contributed by atoms with Crippen molar-refractivity contribution in [2.24, 2.45) is 0 Å². The van der Waals surface area contributed by atoms with E-state index in [1.54, 1.807) is 16.0 Å². The van der Waals surface area contributed by atoms with Crippen LogP contribution in [0.4, 0.5) is 5.13 Å². The lowest BCUT2D eigenvalue weighted by Crippen LogP contribution is -2.37. The molecule has 122 valence electrons. The molecule has 1 aliphatic heterocycles. The van der Waals surface area contributed by atoms with Crippen molar-refractivity contribution >= 4 is 22.4 Å². The number of rotatable bonds is 4. The predicted octanol–water partition coefficient (Wildman–Crippen LogP) is 1.35. The fourth-order valence-corrected chi connectivity index (χ4v) is 3.62. The van der Waals surface area contributed by atoms with Crippen LogP contribution in [0.5, 0.6) is 0 Å². The molecule has 2 aromatic heterocycles. The van der Waals surface area contributed by atoms with Crippen LogP contribution in [0.2, 0.25) is 0 Å². The minimum absolute atomic E-state index is 0.123. The first-order chi connectivity index (χ1) is 11.3. The second-order valence-corrected chi connectivity index (χ2v) is 7.02. The van der Waals surface area contributed by atoms with Gasteiger partial charge in [0.1, 0.15) is 6.54 Å². The van der Waals surface area contributed by atoms with Gasteiger partial charge < -0.3 is 9.80 Å². The van der Waals surface area contributed by atoms with Crippen LogP contribution in [0.3, 0.4) is 0 Å². The van der Waals surface area contributed by atoms with Gasteiger partial charge in [0, 0.05) is 49.9 Å². The molecule has 1 amide bonds. The van der Waals surface area contributed by atoms with Gasteiger partial charge in [-0.25, -0.2) is 9.67 Å². The fourth-order valence-electron chi connectivity index (χ4n) is 2.93. The summed E-state index contributed by atoms with van der Waals surface area (Å²) in [6.45, 7) is 3.61. The van der Waals surface area contributed by atoms with E-state index in [4.69, 9.17) is 0 Å². The van der Waals surface area contributed by atoms with E-state index in [-0.39, 0.29) is 12.5 Å². The summed E-state index contributed by atoms with van der Waals surface area (Å²) in [4.78, 5) is 21.1. The monoisotopic (exact) mass is 332 g/mol. The SMILES string of the molecule is O=C(Cn1cc(C2CC2)nn1)N1CCCN(c2nccs2)CC1. The molecule has 23 heavy (non-hydrogen) atoms. The van der Waals surface area contributed by atoms with Gasteiger partial charge in [-0.05, 0) is 19.3 Å². The molecule has 4 rings (SSSR count). The summed E-state index contributed by atoms with van der Waals surface area (Å²) in [5, 5.41) is 11.3. The van der Waals surface area contributed by atoms with Crippen molar-refractivity contribution in [3.63, 3.8) is 0 Å². The van der Waals surface area contributed by atoms with E-state index in [2.05, 4.69) is 20.2 Å². The molecule has 0 spiro atoms. The molecule has 0 bridgehead atoms. The average Bonchev–Trinajstić information content (AvgIpc) is 3.16. The van der Waals surface area contributed by atoms with Crippen LogP contribution in [-0.4, -0.2) is 57.0 Å². The molecule has 1 saturated carbocycles. The Morgan fingerprint density at radius 2 is 2.17 bits per heavy atom. The van der Waals surface area contributed by atoms with Gasteiger partial charge in [0.15, 0.2) is 5.13 Å². The zero-order valence-corrected chi connectivity index (χ0v) is 13.8. The predicted molar refractivity (Wildman–Crippen MR) is 87.5 cm³/mol. The number of hydrogen-bond acceptors (Lipinski definition) is 6. The highest BCUT2D eigenvalue weighted by Crippen LogP contribution is 2.38. The van der Waals surface area contributed by atoms with E-state index in [0.29, 0.717) is 5.92 Å². The maximum atomic E-state index is 12.5. The number of amides is 1. The number of carbonyl (C=O) groups is 1. The first kappa shape index (κ1) is 14.6. The maximum absolute atomic E-state index is 12.5. The summed E-state index contributed by atoms with van der Waals surface area (Å²) < 4.78 is 1.68. The Hall–Kier alpha value is -1.96. The van der Waals surface area contributed by atoms with Crippen LogP contribution in [0.1, 0.15) is 30.9 Å². The Labute approximate surface area is 138 Å². The van der Waals surface area contributed by atoms with E-state index >= 15 is 0 Å². The first-order valence-corrected chi connectivity index (χ1v) is 9.00. The lowest BCUT2D eigenvalue weighted by Gasteiger charge is -2.21. The standard InChI is InChI=1S/C15H20N6OS/c22-14(11-21-10-13(17-18-21)12-2-3-12)19-5-1-6-20(8-7-19)15-16-4-9-23-15/h4,9-10,12H,1-3,5-8,11H2. The molecule has 0 N–H and O–H groups in total. The Bertz CT molecular complexity index is 665. The van der Waals surface area contributed by atoms with Crippen molar-refractivity contribution in [2.75, 3.05) is 31.1 Å². The van der Waals surface area contributed by atoms with Gasteiger partial charge in [0.25, 0.3) is 0 Å². The minimum Gasteiger partial charge on any atom is -0.346 e. The largest absolute Gasteiger partial charge is 0.346 e. The number of aromatic nitrogens is 4. The average molecular weight is 332 g/mol. The van der Waals surface area contributed by atoms with Gasteiger partial charge in [-0.2, -0.15) is 0 Å². The lowest BCUT2D eigenvalue weighted by atomic mass is 10.3. The number of carbonyl (C=O) groups excluding carboxylic acids is 1. The second-order valence-electron chi connectivity index (χ2n) is 6.15. The zero-order chi connectivity index (χ0) is 15.6. The number of hydrogen-bond donors (Lipinski definition) is 0. The molecule has 2 aromatic rings. The molecule has 2 aliphatic rings. The Morgan fingerprint density at radius 1 is 1.26 bits per heavy atom. The van der Waals surface area contributed by atoms with Gasteiger partial charge >= 0.3 is 0 Å². The van der Waals surface area contributed by atoms with Gasteiger partial charge in [0.05, 0.1) is 5.69 Å². The molecule has 1 saturated heterocycles. The number of thiazole rings is 1. The van der Waals surface area contributed by atoms with Gasteiger partial charge in [0.2, 0.25) is 5.91 Å². The highest BCUT2D eigenvalue weighted by molar-refractivity contribution is 7.13. The van der Waals surface area contributed by atoms with Crippen molar-refractivity contribution in [1.82, 2.24) is 24.9 Å². The quantitative estimate of drug-likeness (QED) is 0.845. The molecule has 8 heteroatoms. The van der Waals surface area contributed by atoms with Crippen LogP contribution >= 0.6 is 11.3 Å². The summed E-state index contributed by atoms with van der Waals surface area (Å²) in [7, 11) is 0. The van der Waals surface area contributed by atoms with Crippen molar-refractivity contribution in [2.45, 2.75) is 31.7 Å². The molecule has 0 atom stereocenters. The summed E-state index contributed by atoms with van der Waals surface area (Å²) in [6.07, 6.45) is 7.12. The molecule has 2 fully saturated rings. The topological polar surface area (TPSA) is 67.2 Å². The maximum Gasteiger partial charge on any atom is 0.244 e. The van der Waals surface area contributed by atoms with E-state index < -0.39 is 0 Å². The Morgan fingerprint density at radius 3 is 2.96 bits per heavy atom. The molecular weight excluding hydrogens is 312 g/mol. The fraction of sp³-hybridized carbons (Fsp3) is 0.600. The zero-order valence-electron chi connectivity index (χ0n) is 13.0. The molecule has 3 heterocycles. The highest BCUT2D eigenvalue weighted by Gasteiger charge is 2.27. The highest BCUT2D eigenvalue weighted by atomic mass is 32.1. The molecular formula is C15H20N6OS. The summed E-state index contributed by atoms with van der Waals surface area (Å²) in [5.41, 5.74) is 1.03. The normalized spacial score (nSPS) is 19.0. The number of nitrogens with zero attached hydrogens (tertiary/aromatic N) is 6. The van der Waals surface area contributed by atoms with E-state index in [9.17, 15) is 4.79 Å². The molecule has 0 unspecified atom stereocenters. The Balaban J connectivity index is 1.34. The summed E-state index contributed by atoms with van der Waals surface area (Å²) in [5.74, 6) is 0.696. The molecule has 0 aromatic carbocycles. The van der Waals surface area contributed by atoms with E-state index in [1.165, 1.54) is 12.8 Å². The third-order valence-electron chi connectivity index (χ3n) is 4.39. The van der Waals surface area contributed by atoms with E-state index in [1.807, 2.05) is 22.7 Å². The lowest BCUT2D eigenvalue weighted by molar-refractivity contribution is -0.131. The molecule has 0 radical (unpaired) electrons.